The van der Waals surface area contributed by atoms with Crippen LogP contribution in [0.5, 0.6) is 5.75 Å². The molecule has 0 saturated heterocycles. The summed E-state index contributed by atoms with van der Waals surface area (Å²) in [6.07, 6.45) is 1.13. The molecular formula is C14H14ClN5O2. The van der Waals surface area contributed by atoms with E-state index in [0.29, 0.717) is 28.3 Å². The van der Waals surface area contributed by atoms with Crippen LogP contribution < -0.4 is 4.74 Å². The maximum Gasteiger partial charge on any atom is 0.267 e. The number of nitrogens with zero attached hydrogens (tertiary/aromatic N) is 5. The van der Waals surface area contributed by atoms with Crippen molar-refractivity contribution in [3.63, 3.8) is 0 Å². The van der Waals surface area contributed by atoms with E-state index in [1.54, 1.807) is 16.8 Å². The van der Waals surface area contributed by atoms with Crippen LogP contribution >= 0.6 is 11.6 Å². The van der Waals surface area contributed by atoms with Crippen molar-refractivity contribution < 1.29 is 9.26 Å². The fraction of sp³-hybridized carbons (Fsp3) is 0.286. The second kappa shape index (κ2) is 5.76. The van der Waals surface area contributed by atoms with Gasteiger partial charge in [-0.05, 0) is 32.0 Å². The van der Waals surface area contributed by atoms with E-state index in [2.05, 4.69) is 20.2 Å². The van der Waals surface area contributed by atoms with Gasteiger partial charge in [0.1, 0.15) is 16.6 Å². The van der Waals surface area contributed by atoms with Crippen molar-refractivity contribution in [2.75, 3.05) is 0 Å². The minimum absolute atomic E-state index is 0.369. The SMILES string of the molecule is Cc1cc(-c2noc([C@H](C)Oc3ccc(Cl)nc3)n2)nn1C. The Bertz CT molecular complexity index is 761. The molecule has 0 aliphatic heterocycles. The van der Waals surface area contributed by atoms with Crippen molar-refractivity contribution in [2.45, 2.75) is 20.0 Å². The van der Waals surface area contributed by atoms with Crippen LogP contribution in [0.25, 0.3) is 11.5 Å². The van der Waals surface area contributed by atoms with Gasteiger partial charge in [0.2, 0.25) is 5.82 Å². The first-order valence-electron chi connectivity index (χ1n) is 6.66. The first-order chi connectivity index (χ1) is 10.5. The first-order valence-corrected chi connectivity index (χ1v) is 7.03. The van der Waals surface area contributed by atoms with E-state index < -0.39 is 6.10 Å². The minimum Gasteiger partial charge on any atom is -0.479 e. The molecular weight excluding hydrogens is 306 g/mol. The fourth-order valence-corrected chi connectivity index (χ4v) is 1.97. The summed E-state index contributed by atoms with van der Waals surface area (Å²) in [6.45, 7) is 3.77. The van der Waals surface area contributed by atoms with Crippen LogP contribution in [0.15, 0.2) is 28.9 Å². The third kappa shape index (κ3) is 2.94. The van der Waals surface area contributed by atoms with Crippen LogP contribution in [0.2, 0.25) is 5.15 Å². The molecule has 0 N–H and O–H groups in total. The molecule has 0 fully saturated rings. The average Bonchev–Trinajstić information content (AvgIpc) is 3.09. The number of aryl methyl sites for hydroxylation is 2. The van der Waals surface area contributed by atoms with Crippen molar-refractivity contribution in [1.29, 1.82) is 0 Å². The van der Waals surface area contributed by atoms with Crippen LogP contribution in [0.1, 0.15) is 24.6 Å². The summed E-state index contributed by atoms with van der Waals surface area (Å²) in [5.74, 6) is 1.38. The Morgan fingerprint density at radius 2 is 2.18 bits per heavy atom. The number of pyridine rings is 1. The van der Waals surface area contributed by atoms with Crippen molar-refractivity contribution in [3.05, 3.63) is 41.1 Å². The highest BCUT2D eigenvalue weighted by Crippen LogP contribution is 2.23. The molecule has 0 aromatic carbocycles. The number of halogens is 1. The third-order valence-electron chi connectivity index (χ3n) is 3.15. The summed E-state index contributed by atoms with van der Waals surface area (Å²) in [7, 11) is 1.86. The van der Waals surface area contributed by atoms with E-state index in [9.17, 15) is 0 Å². The number of hydrogen-bond donors (Lipinski definition) is 0. The zero-order valence-electron chi connectivity index (χ0n) is 12.3. The van der Waals surface area contributed by atoms with E-state index in [1.807, 2.05) is 27.0 Å². The van der Waals surface area contributed by atoms with Crippen LogP contribution in [0.3, 0.4) is 0 Å². The minimum atomic E-state index is -0.408. The second-order valence-corrected chi connectivity index (χ2v) is 5.21. The van der Waals surface area contributed by atoms with Gasteiger partial charge in [-0.2, -0.15) is 10.1 Å². The van der Waals surface area contributed by atoms with Crippen molar-refractivity contribution in [2.24, 2.45) is 7.05 Å². The predicted octanol–water partition coefficient (Wildman–Crippen LogP) is 2.97. The molecule has 3 aromatic rings. The highest BCUT2D eigenvalue weighted by molar-refractivity contribution is 6.29. The molecule has 3 aromatic heterocycles. The van der Waals surface area contributed by atoms with Gasteiger partial charge < -0.3 is 9.26 Å². The molecule has 0 unspecified atom stereocenters. The van der Waals surface area contributed by atoms with Gasteiger partial charge in [-0.25, -0.2) is 4.98 Å². The lowest BCUT2D eigenvalue weighted by atomic mass is 10.3. The monoisotopic (exact) mass is 319 g/mol. The highest BCUT2D eigenvalue weighted by atomic mass is 35.5. The molecule has 8 heteroatoms. The summed E-state index contributed by atoms with van der Waals surface area (Å²) < 4.78 is 12.7. The number of aromatic nitrogens is 5. The summed E-state index contributed by atoms with van der Waals surface area (Å²) in [4.78, 5) is 8.28. The first kappa shape index (κ1) is 14.5. The molecule has 0 bridgehead atoms. The van der Waals surface area contributed by atoms with Gasteiger partial charge >= 0.3 is 0 Å². The molecule has 0 spiro atoms. The van der Waals surface area contributed by atoms with Gasteiger partial charge in [0.05, 0.1) is 6.20 Å². The second-order valence-electron chi connectivity index (χ2n) is 4.83. The predicted molar refractivity (Wildman–Crippen MR) is 79.5 cm³/mol. The Balaban J connectivity index is 1.76. The Hall–Kier alpha value is -2.41. The zero-order valence-corrected chi connectivity index (χ0v) is 13.1. The van der Waals surface area contributed by atoms with Crippen LogP contribution in [0.4, 0.5) is 0 Å². The molecule has 0 radical (unpaired) electrons. The van der Waals surface area contributed by atoms with Gasteiger partial charge in [-0.3, -0.25) is 4.68 Å². The molecule has 0 amide bonds. The molecule has 0 saturated carbocycles. The molecule has 3 rings (SSSR count). The third-order valence-corrected chi connectivity index (χ3v) is 3.37. The lowest BCUT2D eigenvalue weighted by molar-refractivity contribution is 0.175. The van der Waals surface area contributed by atoms with Crippen molar-refractivity contribution in [3.8, 4) is 17.3 Å². The van der Waals surface area contributed by atoms with E-state index in [-0.39, 0.29) is 0 Å². The van der Waals surface area contributed by atoms with Crippen LogP contribution in [-0.2, 0) is 7.05 Å². The summed E-state index contributed by atoms with van der Waals surface area (Å²) >= 11 is 5.73. The van der Waals surface area contributed by atoms with Gasteiger partial charge in [-0.15, -0.1) is 0 Å². The molecule has 7 nitrogen and oxygen atoms in total. The Morgan fingerprint density at radius 1 is 1.36 bits per heavy atom. The molecule has 0 aliphatic carbocycles. The van der Waals surface area contributed by atoms with Crippen molar-refractivity contribution in [1.82, 2.24) is 24.9 Å². The highest BCUT2D eigenvalue weighted by Gasteiger charge is 2.18. The molecule has 0 aliphatic rings. The molecule has 1 atom stereocenters. The Morgan fingerprint density at radius 3 is 2.82 bits per heavy atom. The summed E-state index contributed by atoms with van der Waals surface area (Å²) in [5.41, 5.74) is 1.67. The van der Waals surface area contributed by atoms with E-state index >= 15 is 0 Å². The molecule has 114 valence electrons. The molecule has 22 heavy (non-hydrogen) atoms. The van der Waals surface area contributed by atoms with Gasteiger partial charge in [0.15, 0.2) is 6.10 Å². The zero-order chi connectivity index (χ0) is 15.7. The summed E-state index contributed by atoms with van der Waals surface area (Å²) in [5, 5.41) is 8.66. The molecule has 3 heterocycles. The van der Waals surface area contributed by atoms with Gasteiger partial charge in [0, 0.05) is 12.7 Å². The Labute approximate surface area is 131 Å². The fourth-order valence-electron chi connectivity index (χ4n) is 1.86. The summed E-state index contributed by atoms with van der Waals surface area (Å²) in [6, 6.07) is 5.27. The largest absolute Gasteiger partial charge is 0.479 e. The standard InChI is InChI=1S/C14H14ClN5O2/c1-8-6-11(18-20(8)3)13-17-14(22-19-13)9(2)21-10-4-5-12(15)16-7-10/h4-7,9H,1-3H3/t9-/m0/s1. The number of ether oxygens (including phenoxy) is 1. The van der Waals surface area contributed by atoms with Crippen LogP contribution in [-0.4, -0.2) is 24.9 Å². The van der Waals surface area contributed by atoms with Crippen molar-refractivity contribution >= 4 is 11.6 Å². The Kier molecular flexibility index (Phi) is 3.81. The smallest absolute Gasteiger partial charge is 0.267 e. The quantitative estimate of drug-likeness (QED) is 0.688. The normalized spacial score (nSPS) is 12.4. The maximum atomic E-state index is 5.73. The van der Waals surface area contributed by atoms with Crippen LogP contribution in [0, 0.1) is 6.92 Å². The average molecular weight is 320 g/mol. The number of hydrogen-bond acceptors (Lipinski definition) is 6. The number of rotatable bonds is 4. The van der Waals surface area contributed by atoms with Gasteiger partial charge in [-0.1, -0.05) is 16.8 Å². The van der Waals surface area contributed by atoms with Gasteiger partial charge in [0.25, 0.3) is 5.89 Å². The topological polar surface area (TPSA) is 78.9 Å². The van der Waals surface area contributed by atoms with E-state index in [0.717, 1.165) is 5.69 Å². The maximum absolute atomic E-state index is 5.73. The lowest BCUT2D eigenvalue weighted by Gasteiger charge is -2.09. The van der Waals surface area contributed by atoms with E-state index in [4.69, 9.17) is 20.9 Å². The van der Waals surface area contributed by atoms with E-state index in [1.165, 1.54) is 6.20 Å². The lowest BCUT2D eigenvalue weighted by Crippen LogP contribution is -2.03.